The summed E-state index contributed by atoms with van der Waals surface area (Å²) in [4.78, 5) is 13.7. The highest BCUT2D eigenvalue weighted by Crippen LogP contribution is 2.44. The third kappa shape index (κ3) is 2.33. The van der Waals surface area contributed by atoms with Gasteiger partial charge in [0.2, 0.25) is 5.91 Å². The number of aliphatic hydroxyl groups is 1. The van der Waals surface area contributed by atoms with E-state index in [9.17, 15) is 9.90 Å². The molecule has 1 saturated carbocycles. The second-order valence-corrected chi connectivity index (χ2v) is 5.80. The van der Waals surface area contributed by atoms with Crippen molar-refractivity contribution in [1.29, 1.82) is 0 Å². The Balaban J connectivity index is 1.39. The largest absolute Gasteiger partial charge is 0.386 e. The Labute approximate surface area is 102 Å². The summed E-state index contributed by atoms with van der Waals surface area (Å²) < 4.78 is 5.50. The molecule has 17 heavy (non-hydrogen) atoms. The van der Waals surface area contributed by atoms with Crippen LogP contribution in [0.3, 0.4) is 0 Å². The van der Waals surface area contributed by atoms with Crippen LogP contribution in [0.15, 0.2) is 0 Å². The highest BCUT2D eigenvalue weighted by atomic mass is 16.5. The van der Waals surface area contributed by atoms with Crippen LogP contribution in [0.5, 0.6) is 0 Å². The van der Waals surface area contributed by atoms with Gasteiger partial charge < -0.3 is 14.7 Å². The van der Waals surface area contributed by atoms with Crippen LogP contribution in [0.4, 0.5) is 0 Å². The fourth-order valence-corrected chi connectivity index (χ4v) is 2.98. The Kier molecular flexibility index (Phi) is 2.87. The van der Waals surface area contributed by atoms with Gasteiger partial charge in [-0.25, -0.2) is 0 Å². The minimum atomic E-state index is -0.542. The normalized spacial score (nSPS) is 31.4. The molecule has 2 aliphatic heterocycles. The average molecular weight is 239 g/mol. The van der Waals surface area contributed by atoms with Gasteiger partial charge in [-0.2, -0.15) is 0 Å². The van der Waals surface area contributed by atoms with Crippen molar-refractivity contribution in [3.8, 4) is 0 Å². The summed E-state index contributed by atoms with van der Waals surface area (Å²) in [5, 5.41) is 10.1. The Morgan fingerprint density at radius 1 is 1.35 bits per heavy atom. The van der Waals surface area contributed by atoms with Crippen LogP contribution in [-0.2, 0) is 9.53 Å². The number of likely N-dealkylation sites (tertiary alicyclic amines) is 1. The lowest BCUT2D eigenvalue weighted by Crippen LogP contribution is -2.64. The summed E-state index contributed by atoms with van der Waals surface area (Å²) in [5.41, 5.74) is -0.542. The van der Waals surface area contributed by atoms with Crippen LogP contribution < -0.4 is 0 Å². The van der Waals surface area contributed by atoms with Crippen LogP contribution in [0, 0.1) is 5.92 Å². The van der Waals surface area contributed by atoms with Gasteiger partial charge in [0.05, 0.1) is 19.2 Å². The fourth-order valence-electron chi connectivity index (χ4n) is 2.98. The molecule has 2 heterocycles. The molecule has 1 atom stereocenters. The lowest BCUT2D eigenvalue weighted by molar-refractivity contribution is -0.159. The Bertz CT molecular complexity index is 302. The zero-order chi connectivity index (χ0) is 11.9. The second-order valence-electron chi connectivity index (χ2n) is 5.80. The monoisotopic (exact) mass is 239 g/mol. The van der Waals surface area contributed by atoms with E-state index in [1.807, 2.05) is 0 Å². The average Bonchev–Trinajstić information content (AvgIpc) is 3.00. The molecular formula is C13H21NO3. The molecule has 1 N–H and O–H groups in total. The van der Waals surface area contributed by atoms with Gasteiger partial charge in [-0.3, -0.25) is 4.79 Å². The molecule has 4 nitrogen and oxygen atoms in total. The number of carbonyl (C=O) groups is 1. The molecule has 3 rings (SSSR count). The van der Waals surface area contributed by atoms with Gasteiger partial charge in [-0.15, -0.1) is 0 Å². The predicted octanol–water partition coefficient (Wildman–Crippen LogP) is 0.929. The van der Waals surface area contributed by atoms with Crippen molar-refractivity contribution in [2.24, 2.45) is 5.92 Å². The first-order valence-electron chi connectivity index (χ1n) is 6.79. The lowest BCUT2D eigenvalue weighted by Gasteiger charge is -2.47. The van der Waals surface area contributed by atoms with Crippen LogP contribution in [0.2, 0.25) is 0 Å². The first kappa shape index (κ1) is 11.5. The van der Waals surface area contributed by atoms with Crippen molar-refractivity contribution in [1.82, 2.24) is 4.90 Å². The molecule has 1 aliphatic carbocycles. The third-order valence-corrected chi connectivity index (χ3v) is 4.32. The highest BCUT2D eigenvalue weighted by molar-refractivity contribution is 5.77. The molecule has 1 unspecified atom stereocenters. The Morgan fingerprint density at radius 2 is 2.12 bits per heavy atom. The van der Waals surface area contributed by atoms with Gasteiger partial charge in [0.1, 0.15) is 5.60 Å². The summed E-state index contributed by atoms with van der Waals surface area (Å²) in [5.74, 6) is 0.649. The third-order valence-electron chi connectivity index (χ3n) is 4.32. The van der Waals surface area contributed by atoms with Crippen molar-refractivity contribution in [2.45, 2.75) is 50.2 Å². The maximum absolute atomic E-state index is 11.9. The summed E-state index contributed by atoms with van der Waals surface area (Å²) >= 11 is 0. The zero-order valence-corrected chi connectivity index (χ0v) is 10.2. The van der Waals surface area contributed by atoms with E-state index in [0.29, 0.717) is 31.5 Å². The summed E-state index contributed by atoms with van der Waals surface area (Å²) in [7, 11) is 0. The Morgan fingerprint density at radius 3 is 2.71 bits per heavy atom. The van der Waals surface area contributed by atoms with E-state index in [4.69, 9.17) is 4.74 Å². The second kappa shape index (κ2) is 4.25. The van der Waals surface area contributed by atoms with Crippen LogP contribution in [0.1, 0.15) is 38.5 Å². The molecule has 0 aromatic rings. The minimum absolute atomic E-state index is 0.186. The number of amides is 1. The molecule has 0 spiro atoms. The standard InChI is InChI=1S/C13H21NO3/c15-12(6-5-11-2-1-7-17-11)14-8-13(16,9-14)10-3-4-10/h10-11,16H,1-9H2. The molecule has 0 aromatic heterocycles. The molecule has 96 valence electrons. The van der Waals surface area contributed by atoms with E-state index < -0.39 is 5.60 Å². The van der Waals surface area contributed by atoms with Gasteiger partial charge in [0, 0.05) is 13.0 Å². The molecular weight excluding hydrogens is 218 g/mol. The van der Waals surface area contributed by atoms with Crippen molar-refractivity contribution in [2.75, 3.05) is 19.7 Å². The number of nitrogens with zero attached hydrogens (tertiary/aromatic N) is 1. The van der Waals surface area contributed by atoms with Crippen LogP contribution in [0.25, 0.3) is 0 Å². The van der Waals surface area contributed by atoms with Crippen molar-refractivity contribution < 1.29 is 14.6 Å². The molecule has 3 aliphatic rings. The quantitative estimate of drug-likeness (QED) is 0.794. The molecule has 2 saturated heterocycles. The molecule has 4 heteroatoms. The number of hydrogen-bond acceptors (Lipinski definition) is 3. The molecule has 0 radical (unpaired) electrons. The van der Waals surface area contributed by atoms with Gasteiger partial charge in [-0.05, 0) is 38.0 Å². The zero-order valence-electron chi connectivity index (χ0n) is 10.2. The Hall–Kier alpha value is -0.610. The topological polar surface area (TPSA) is 49.8 Å². The lowest BCUT2D eigenvalue weighted by atomic mass is 9.88. The summed E-state index contributed by atoms with van der Waals surface area (Å²) in [6, 6.07) is 0. The molecule has 3 fully saturated rings. The fraction of sp³-hybridized carbons (Fsp3) is 0.923. The van der Waals surface area contributed by atoms with Gasteiger partial charge in [-0.1, -0.05) is 0 Å². The SMILES string of the molecule is O=C(CCC1CCCO1)N1CC(O)(C2CC2)C1. The van der Waals surface area contributed by atoms with E-state index >= 15 is 0 Å². The van der Waals surface area contributed by atoms with E-state index in [-0.39, 0.29) is 5.91 Å². The van der Waals surface area contributed by atoms with Crippen molar-refractivity contribution in [3.05, 3.63) is 0 Å². The van der Waals surface area contributed by atoms with Gasteiger partial charge in [0.15, 0.2) is 0 Å². The molecule has 0 aromatic carbocycles. The number of rotatable bonds is 4. The van der Waals surface area contributed by atoms with Gasteiger partial charge in [0.25, 0.3) is 0 Å². The summed E-state index contributed by atoms with van der Waals surface area (Å²) in [6.45, 7) is 1.97. The van der Waals surface area contributed by atoms with Crippen molar-refractivity contribution in [3.63, 3.8) is 0 Å². The first-order valence-corrected chi connectivity index (χ1v) is 6.79. The van der Waals surface area contributed by atoms with E-state index in [1.165, 1.54) is 0 Å². The van der Waals surface area contributed by atoms with E-state index in [1.54, 1.807) is 4.90 Å². The maximum Gasteiger partial charge on any atom is 0.222 e. The van der Waals surface area contributed by atoms with Gasteiger partial charge >= 0.3 is 0 Å². The predicted molar refractivity (Wildman–Crippen MR) is 62.5 cm³/mol. The van der Waals surface area contributed by atoms with E-state index in [0.717, 1.165) is 38.7 Å². The number of carbonyl (C=O) groups excluding carboxylic acids is 1. The first-order chi connectivity index (χ1) is 8.17. The summed E-state index contributed by atoms with van der Waals surface area (Å²) in [6.07, 6.45) is 6.21. The van der Waals surface area contributed by atoms with E-state index in [2.05, 4.69) is 0 Å². The van der Waals surface area contributed by atoms with Crippen LogP contribution >= 0.6 is 0 Å². The number of ether oxygens (including phenoxy) is 1. The highest BCUT2D eigenvalue weighted by Gasteiger charge is 2.53. The number of hydrogen-bond donors (Lipinski definition) is 1. The van der Waals surface area contributed by atoms with Crippen molar-refractivity contribution >= 4 is 5.91 Å². The molecule has 1 amide bonds. The minimum Gasteiger partial charge on any atom is -0.386 e. The smallest absolute Gasteiger partial charge is 0.222 e. The number of β-amino-alcohol motifs (C(OH)–C–C–N with tert-alkyl or cyclic N) is 1. The maximum atomic E-state index is 11.9. The molecule has 0 bridgehead atoms. The van der Waals surface area contributed by atoms with Crippen LogP contribution in [-0.4, -0.2) is 47.3 Å².